The molecule has 2 rings (SSSR count). The molecule has 1 aliphatic rings. The summed E-state index contributed by atoms with van der Waals surface area (Å²) in [5, 5.41) is 2.85. The first kappa shape index (κ1) is 15.9. The minimum Gasteiger partial charge on any atom is -0.344 e. The molecular weight excluding hydrogens is 334 g/mol. The SMILES string of the molecule is CCC(C)C1NC(=O)CCN(Cc2cncc(Br)c2)C1=O. The van der Waals surface area contributed by atoms with Gasteiger partial charge in [0.1, 0.15) is 6.04 Å². The number of nitrogens with zero attached hydrogens (tertiary/aromatic N) is 2. The van der Waals surface area contributed by atoms with Crippen LogP contribution in [0, 0.1) is 5.92 Å². The number of amides is 2. The Hall–Kier alpha value is -1.43. The molecule has 0 spiro atoms. The molecule has 6 heteroatoms. The van der Waals surface area contributed by atoms with Crippen LogP contribution in [0.2, 0.25) is 0 Å². The molecule has 1 aliphatic heterocycles. The number of hydrogen-bond donors (Lipinski definition) is 1. The zero-order valence-corrected chi connectivity index (χ0v) is 13.9. The van der Waals surface area contributed by atoms with Crippen molar-refractivity contribution in [3.63, 3.8) is 0 Å². The maximum Gasteiger partial charge on any atom is 0.245 e. The Morgan fingerprint density at radius 1 is 1.48 bits per heavy atom. The van der Waals surface area contributed by atoms with Gasteiger partial charge in [-0.15, -0.1) is 0 Å². The fourth-order valence-electron chi connectivity index (χ4n) is 2.39. The van der Waals surface area contributed by atoms with Crippen LogP contribution in [0.15, 0.2) is 22.9 Å². The lowest BCUT2D eigenvalue weighted by molar-refractivity contribution is -0.135. The van der Waals surface area contributed by atoms with E-state index in [1.165, 1.54) is 0 Å². The molecule has 0 bridgehead atoms. The van der Waals surface area contributed by atoms with Crippen LogP contribution in [0.5, 0.6) is 0 Å². The van der Waals surface area contributed by atoms with E-state index in [9.17, 15) is 9.59 Å². The van der Waals surface area contributed by atoms with Gasteiger partial charge in [-0.05, 0) is 33.5 Å². The van der Waals surface area contributed by atoms with Gasteiger partial charge in [-0.3, -0.25) is 14.6 Å². The summed E-state index contributed by atoms with van der Waals surface area (Å²) in [7, 11) is 0. The predicted octanol–water partition coefficient (Wildman–Crippen LogP) is 2.11. The lowest BCUT2D eigenvalue weighted by Gasteiger charge is -2.27. The highest BCUT2D eigenvalue weighted by Gasteiger charge is 2.32. The summed E-state index contributed by atoms with van der Waals surface area (Å²) in [6.07, 6.45) is 4.65. The van der Waals surface area contributed by atoms with Crippen molar-refractivity contribution in [3.05, 3.63) is 28.5 Å². The van der Waals surface area contributed by atoms with Gasteiger partial charge in [0, 0.05) is 36.4 Å². The van der Waals surface area contributed by atoms with Crippen LogP contribution in [0.25, 0.3) is 0 Å². The van der Waals surface area contributed by atoms with Crippen LogP contribution >= 0.6 is 15.9 Å². The lowest BCUT2D eigenvalue weighted by atomic mass is 9.98. The Morgan fingerprint density at radius 2 is 2.24 bits per heavy atom. The highest BCUT2D eigenvalue weighted by atomic mass is 79.9. The van der Waals surface area contributed by atoms with E-state index in [1.54, 1.807) is 17.3 Å². The maximum absolute atomic E-state index is 12.7. The van der Waals surface area contributed by atoms with Gasteiger partial charge in [-0.2, -0.15) is 0 Å². The summed E-state index contributed by atoms with van der Waals surface area (Å²) in [6.45, 7) is 4.95. The van der Waals surface area contributed by atoms with E-state index in [4.69, 9.17) is 0 Å². The largest absolute Gasteiger partial charge is 0.344 e. The summed E-state index contributed by atoms with van der Waals surface area (Å²) in [6, 6.07) is 1.52. The third-order valence-corrected chi connectivity index (χ3v) is 4.28. The molecule has 114 valence electrons. The first-order valence-corrected chi connectivity index (χ1v) is 7.98. The van der Waals surface area contributed by atoms with E-state index in [1.807, 2.05) is 19.9 Å². The van der Waals surface area contributed by atoms with E-state index >= 15 is 0 Å². The summed E-state index contributed by atoms with van der Waals surface area (Å²) in [5.41, 5.74) is 0.954. The van der Waals surface area contributed by atoms with Gasteiger partial charge in [0.25, 0.3) is 0 Å². The minimum atomic E-state index is -0.426. The average Bonchev–Trinajstić information content (AvgIpc) is 2.60. The highest BCUT2D eigenvalue weighted by Crippen LogP contribution is 2.17. The van der Waals surface area contributed by atoms with Gasteiger partial charge in [-0.25, -0.2) is 0 Å². The summed E-state index contributed by atoms with van der Waals surface area (Å²) >= 11 is 3.38. The van der Waals surface area contributed by atoms with Crippen molar-refractivity contribution < 1.29 is 9.59 Å². The number of halogens is 1. The zero-order valence-electron chi connectivity index (χ0n) is 12.3. The monoisotopic (exact) mass is 353 g/mol. The fraction of sp³-hybridized carbons (Fsp3) is 0.533. The molecule has 5 nitrogen and oxygen atoms in total. The molecule has 1 aromatic heterocycles. The Balaban J connectivity index is 2.17. The first-order valence-electron chi connectivity index (χ1n) is 7.18. The molecule has 2 unspecified atom stereocenters. The van der Waals surface area contributed by atoms with Gasteiger partial charge in [-0.1, -0.05) is 20.3 Å². The molecule has 1 aromatic rings. The van der Waals surface area contributed by atoms with E-state index < -0.39 is 6.04 Å². The van der Waals surface area contributed by atoms with E-state index in [2.05, 4.69) is 26.2 Å². The second-order valence-corrected chi connectivity index (χ2v) is 6.37. The van der Waals surface area contributed by atoms with Crippen molar-refractivity contribution in [2.45, 2.75) is 39.3 Å². The van der Waals surface area contributed by atoms with Gasteiger partial charge in [0.15, 0.2) is 0 Å². The highest BCUT2D eigenvalue weighted by molar-refractivity contribution is 9.10. The van der Waals surface area contributed by atoms with Crippen molar-refractivity contribution in [1.82, 2.24) is 15.2 Å². The normalized spacial score (nSPS) is 20.9. The molecule has 0 saturated carbocycles. The molecule has 0 aromatic carbocycles. The van der Waals surface area contributed by atoms with Crippen molar-refractivity contribution in [2.75, 3.05) is 6.54 Å². The fourth-order valence-corrected chi connectivity index (χ4v) is 2.80. The van der Waals surface area contributed by atoms with Crippen LogP contribution in [0.4, 0.5) is 0 Å². The number of hydrogen-bond acceptors (Lipinski definition) is 3. The zero-order chi connectivity index (χ0) is 15.4. The number of nitrogens with one attached hydrogen (secondary N) is 1. The molecule has 1 N–H and O–H groups in total. The van der Waals surface area contributed by atoms with Crippen molar-refractivity contribution in [1.29, 1.82) is 0 Å². The first-order chi connectivity index (χ1) is 10.0. The summed E-state index contributed by atoms with van der Waals surface area (Å²) in [5.74, 6) is 0.0707. The maximum atomic E-state index is 12.7. The van der Waals surface area contributed by atoms with E-state index in [0.29, 0.717) is 19.5 Å². The van der Waals surface area contributed by atoms with Crippen LogP contribution < -0.4 is 5.32 Å². The summed E-state index contributed by atoms with van der Waals surface area (Å²) < 4.78 is 0.884. The number of carbonyl (C=O) groups is 2. The van der Waals surface area contributed by atoms with Gasteiger partial charge < -0.3 is 10.2 Å². The Bertz CT molecular complexity index is 535. The minimum absolute atomic E-state index is 0.00447. The molecule has 1 fully saturated rings. The van der Waals surface area contributed by atoms with Crippen LogP contribution in [-0.2, 0) is 16.1 Å². The second-order valence-electron chi connectivity index (χ2n) is 5.45. The number of carbonyl (C=O) groups excluding carboxylic acids is 2. The third-order valence-electron chi connectivity index (χ3n) is 3.85. The molecule has 0 radical (unpaired) electrons. The molecule has 21 heavy (non-hydrogen) atoms. The lowest BCUT2D eigenvalue weighted by Crippen LogP contribution is -2.48. The van der Waals surface area contributed by atoms with Gasteiger partial charge >= 0.3 is 0 Å². The standard InChI is InChI=1S/C15H20BrN3O2/c1-3-10(2)14-15(21)19(5-4-13(20)18-14)9-11-6-12(16)8-17-7-11/h6-8,10,14H,3-5,9H2,1-2H3,(H,18,20). The van der Waals surface area contributed by atoms with Gasteiger partial charge in [0.05, 0.1) is 0 Å². The molecule has 2 heterocycles. The predicted molar refractivity (Wildman–Crippen MR) is 83.4 cm³/mol. The second kappa shape index (κ2) is 7.02. The van der Waals surface area contributed by atoms with E-state index in [-0.39, 0.29) is 17.7 Å². The molecule has 2 atom stereocenters. The van der Waals surface area contributed by atoms with Crippen molar-refractivity contribution in [3.8, 4) is 0 Å². The Kier molecular flexibility index (Phi) is 5.33. The van der Waals surface area contributed by atoms with Crippen molar-refractivity contribution >= 4 is 27.7 Å². The molecule has 2 amide bonds. The smallest absolute Gasteiger partial charge is 0.245 e. The Labute approximate surface area is 133 Å². The van der Waals surface area contributed by atoms with Gasteiger partial charge in [0.2, 0.25) is 11.8 Å². The molecule has 0 aliphatic carbocycles. The number of aromatic nitrogens is 1. The number of pyridine rings is 1. The third kappa shape index (κ3) is 4.03. The summed E-state index contributed by atoms with van der Waals surface area (Å²) in [4.78, 5) is 30.3. The Morgan fingerprint density at radius 3 is 2.90 bits per heavy atom. The number of rotatable bonds is 4. The van der Waals surface area contributed by atoms with Crippen molar-refractivity contribution in [2.24, 2.45) is 5.92 Å². The van der Waals surface area contributed by atoms with Crippen LogP contribution in [0.3, 0.4) is 0 Å². The molecular formula is C15H20BrN3O2. The van der Waals surface area contributed by atoms with Crippen LogP contribution in [0.1, 0.15) is 32.3 Å². The molecule has 1 saturated heterocycles. The van der Waals surface area contributed by atoms with Crippen LogP contribution in [-0.4, -0.2) is 34.3 Å². The van der Waals surface area contributed by atoms with E-state index in [0.717, 1.165) is 16.5 Å². The quantitative estimate of drug-likeness (QED) is 0.901. The average molecular weight is 354 g/mol. The topological polar surface area (TPSA) is 62.3 Å².